The zero-order valence-corrected chi connectivity index (χ0v) is 11.2. The number of nitrogens with two attached hydrogens (primary N) is 1. The number of rotatable bonds is 5. The van der Waals surface area contributed by atoms with Gasteiger partial charge in [-0.25, -0.2) is 0 Å². The van der Waals surface area contributed by atoms with Crippen LogP contribution in [-0.2, 0) is 4.79 Å². The topological polar surface area (TPSA) is 58.4 Å². The summed E-state index contributed by atoms with van der Waals surface area (Å²) >= 11 is 0. The molecule has 4 nitrogen and oxygen atoms in total. The van der Waals surface area contributed by atoms with Gasteiger partial charge in [0.25, 0.3) is 0 Å². The molecule has 1 atom stereocenters. The Morgan fingerprint density at radius 3 is 2.82 bits per heavy atom. The van der Waals surface area contributed by atoms with Crippen LogP contribution in [-0.4, -0.2) is 43.5 Å². The summed E-state index contributed by atoms with van der Waals surface area (Å²) in [6.07, 6.45) is 3.74. The van der Waals surface area contributed by atoms with Crippen molar-refractivity contribution in [2.45, 2.75) is 33.1 Å². The molecule has 1 fully saturated rings. The Hall–Kier alpha value is -0.610. The van der Waals surface area contributed by atoms with Crippen molar-refractivity contribution in [3.63, 3.8) is 0 Å². The number of carbonyl (C=O) groups is 1. The molecule has 100 valence electrons. The van der Waals surface area contributed by atoms with Gasteiger partial charge in [-0.2, -0.15) is 0 Å². The first kappa shape index (κ1) is 14.5. The Morgan fingerprint density at radius 1 is 1.41 bits per heavy atom. The van der Waals surface area contributed by atoms with Crippen LogP contribution in [0.4, 0.5) is 0 Å². The SMILES string of the molecule is CC(C)C1CCCN(CC(=O)NCCN)CC1. The second kappa shape index (κ2) is 7.67. The van der Waals surface area contributed by atoms with Crippen molar-refractivity contribution in [3.8, 4) is 0 Å². The monoisotopic (exact) mass is 241 g/mol. The summed E-state index contributed by atoms with van der Waals surface area (Å²) in [4.78, 5) is 13.9. The Kier molecular flexibility index (Phi) is 6.52. The fraction of sp³-hybridized carbons (Fsp3) is 0.923. The molecular formula is C13H27N3O. The molecule has 0 aromatic heterocycles. The van der Waals surface area contributed by atoms with E-state index in [1.165, 1.54) is 19.3 Å². The number of nitrogens with zero attached hydrogens (tertiary/aromatic N) is 1. The fourth-order valence-electron chi connectivity index (χ4n) is 2.48. The molecule has 0 aromatic carbocycles. The molecule has 1 saturated heterocycles. The van der Waals surface area contributed by atoms with Crippen molar-refractivity contribution in [1.29, 1.82) is 0 Å². The predicted octanol–water partition coefficient (Wildman–Crippen LogP) is 0.819. The van der Waals surface area contributed by atoms with Crippen LogP contribution in [0.25, 0.3) is 0 Å². The highest BCUT2D eigenvalue weighted by Crippen LogP contribution is 2.24. The molecule has 1 amide bonds. The Morgan fingerprint density at radius 2 is 2.18 bits per heavy atom. The summed E-state index contributed by atoms with van der Waals surface area (Å²) < 4.78 is 0. The van der Waals surface area contributed by atoms with Crippen molar-refractivity contribution in [3.05, 3.63) is 0 Å². The fourth-order valence-corrected chi connectivity index (χ4v) is 2.48. The molecule has 1 aliphatic rings. The summed E-state index contributed by atoms with van der Waals surface area (Å²) in [6.45, 7) is 8.34. The van der Waals surface area contributed by atoms with Crippen LogP contribution in [0.5, 0.6) is 0 Å². The first-order valence-electron chi connectivity index (χ1n) is 6.82. The zero-order chi connectivity index (χ0) is 12.7. The van der Waals surface area contributed by atoms with E-state index in [-0.39, 0.29) is 5.91 Å². The molecule has 0 radical (unpaired) electrons. The minimum atomic E-state index is 0.110. The molecule has 1 heterocycles. The van der Waals surface area contributed by atoms with Gasteiger partial charge in [0.15, 0.2) is 0 Å². The lowest BCUT2D eigenvalue weighted by atomic mass is 9.89. The highest BCUT2D eigenvalue weighted by Gasteiger charge is 2.20. The minimum absolute atomic E-state index is 0.110. The molecule has 0 saturated carbocycles. The lowest BCUT2D eigenvalue weighted by Crippen LogP contribution is -2.39. The molecule has 1 unspecified atom stereocenters. The third kappa shape index (κ3) is 5.50. The van der Waals surface area contributed by atoms with E-state index in [1.807, 2.05) is 0 Å². The third-order valence-corrected chi connectivity index (χ3v) is 3.64. The van der Waals surface area contributed by atoms with Crippen molar-refractivity contribution in [1.82, 2.24) is 10.2 Å². The van der Waals surface area contributed by atoms with Gasteiger partial charge < -0.3 is 11.1 Å². The van der Waals surface area contributed by atoms with E-state index in [0.29, 0.717) is 19.6 Å². The predicted molar refractivity (Wildman–Crippen MR) is 70.7 cm³/mol. The van der Waals surface area contributed by atoms with Crippen LogP contribution < -0.4 is 11.1 Å². The number of amides is 1. The van der Waals surface area contributed by atoms with E-state index < -0.39 is 0 Å². The molecule has 0 spiro atoms. The number of nitrogens with one attached hydrogen (secondary N) is 1. The van der Waals surface area contributed by atoms with Crippen LogP contribution in [0.1, 0.15) is 33.1 Å². The van der Waals surface area contributed by atoms with Crippen LogP contribution in [0.15, 0.2) is 0 Å². The second-order valence-electron chi connectivity index (χ2n) is 5.35. The summed E-state index contributed by atoms with van der Waals surface area (Å²) in [6, 6.07) is 0. The maximum atomic E-state index is 11.6. The van der Waals surface area contributed by atoms with E-state index >= 15 is 0 Å². The molecule has 1 aliphatic heterocycles. The first-order valence-corrected chi connectivity index (χ1v) is 6.82. The maximum Gasteiger partial charge on any atom is 0.234 e. The average molecular weight is 241 g/mol. The van der Waals surface area contributed by atoms with Crippen LogP contribution in [0.3, 0.4) is 0 Å². The lowest BCUT2D eigenvalue weighted by molar-refractivity contribution is -0.122. The quantitative estimate of drug-likeness (QED) is 0.749. The number of hydrogen-bond acceptors (Lipinski definition) is 3. The van der Waals surface area contributed by atoms with Gasteiger partial charge in [0.2, 0.25) is 5.91 Å². The second-order valence-corrected chi connectivity index (χ2v) is 5.35. The van der Waals surface area contributed by atoms with E-state index in [9.17, 15) is 4.79 Å². The van der Waals surface area contributed by atoms with E-state index in [2.05, 4.69) is 24.1 Å². The largest absolute Gasteiger partial charge is 0.354 e. The van der Waals surface area contributed by atoms with Crippen molar-refractivity contribution in [2.24, 2.45) is 17.6 Å². The molecule has 0 aliphatic carbocycles. The van der Waals surface area contributed by atoms with E-state index in [0.717, 1.165) is 24.9 Å². The van der Waals surface area contributed by atoms with Crippen molar-refractivity contribution in [2.75, 3.05) is 32.7 Å². The van der Waals surface area contributed by atoms with Crippen LogP contribution in [0, 0.1) is 11.8 Å². The lowest BCUT2D eigenvalue weighted by Gasteiger charge is -2.20. The molecule has 1 rings (SSSR count). The summed E-state index contributed by atoms with van der Waals surface area (Å²) in [5.74, 6) is 1.70. The Labute approximate surface area is 105 Å². The van der Waals surface area contributed by atoms with Gasteiger partial charge in [-0.1, -0.05) is 13.8 Å². The van der Waals surface area contributed by atoms with Gasteiger partial charge in [-0.15, -0.1) is 0 Å². The smallest absolute Gasteiger partial charge is 0.234 e. The maximum absolute atomic E-state index is 11.6. The molecule has 3 N–H and O–H groups in total. The average Bonchev–Trinajstić information content (AvgIpc) is 2.52. The minimum Gasteiger partial charge on any atom is -0.354 e. The molecule has 4 heteroatoms. The van der Waals surface area contributed by atoms with Crippen molar-refractivity contribution >= 4 is 5.91 Å². The first-order chi connectivity index (χ1) is 8.13. The molecular weight excluding hydrogens is 214 g/mol. The Balaban J connectivity index is 2.28. The standard InChI is InChI=1S/C13H27N3O/c1-11(2)12-4-3-8-16(9-5-12)10-13(17)15-7-6-14/h11-12H,3-10,14H2,1-2H3,(H,15,17). The van der Waals surface area contributed by atoms with Gasteiger partial charge in [0.05, 0.1) is 6.54 Å². The van der Waals surface area contributed by atoms with Gasteiger partial charge >= 0.3 is 0 Å². The van der Waals surface area contributed by atoms with Crippen LogP contribution in [0.2, 0.25) is 0 Å². The molecule has 0 bridgehead atoms. The van der Waals surface area contributed by atoms with Gasteiger partial charge in [-0.3, -0.25) is 9.69 Å². The Bertz CT molecular complexity index is 231. The molecule has 17 heavy (non-hydrogen) atoms. The third-order valence-electron chi connectivity index (χ3n) is 3.64. The summed E-state index contributed by atoms with van der Waals surface area (Å²) in [7, 11) is 0. The van der Waals surface area contributed by atoms with Crippen LogP contribution >= 0.6 is 0 Å². The van der Waals surface area contributed by atoms with Gasteiger partial charge in [-0.05, 0) is 44.2 Å². The highest BCUT2D eigenvalue weighted by atomic mass is 16.2. The number of carbonyl (C=O) groups excluding carboxylic acids is 1. The highest BCUT2D eigenvalue weighted by molar-refractivity contribution is 5.77. The summed E-state index contributed by atoms with van der Waals surface area (Å²) in [5.41, 5.74) is 5.36. The normalized spacial score (nSPS) is 22.5. The number of likely N-dealkylation sites (tertiary alicyclic amines) is 1. The summed E-state index contributed by atoms with van der Waals surface area (Å²) in [5, 5.41) is 2.83. The molecule has 0 aromatic rings. The van der Waals surface area contributed by atoms with Crippen molar-refractivity contribution < 1.29 is 4.79 Å². The zero-order valence-electron chi connectivity index (χ0n) is 11.2. The van der Waals surface area contributed by atoms with E-state index in [1.54, 1.807) is 0 Å². The van der Waals surface area contributed by atoms with Gasteiger partial charge in [0.1, 0.15) is 0 Å². The van der Waals surface area contributed by atoms with Gasteiger partial charge in [0, 0.05) is 13.1 Å². The number of hydrogen-bond donors (Lipinski definition) is 2. The van der Waals surface area contributed by atoms with E-state index in [4.69, 9.17) is 5.73 Å².